The molecule has 0 amide bonds. The molecule has 1 rings (SSSR count). The van der Waals surface area contributed by atoms with Crippen molar-refractivity contribution in [1.29, 1.82) is 5.26 Å². The maximum absolute atomic E-state index is 11.8. The highest BCUT2D eigenvalue weighted by atomic mass is 32.2. The molecule has 1 aromatic rings. The van der Waals surface area contributed by atoms with Crippen LogP contribution in [0.1, 0.15) is 19.4 Å². The van der Waals surface area contributed by atoms with Crippen LogP contribution in [0.3, 0.4) is 0 Å². The number of azide groups is 1. The third kappa shape index (κ3) is 1.99. The number of sulfone groups is 1. The van der Waals surface area contributed by atoms with E-state index in [2.05, 4.69) is 14.4 Å². The van der Waals surface area contributed by atoms with Gasteiger partial charge in [0.25, 0.3) is 0 Å². The topological polar surface area (TPSA) is 120 Å². The van der Waals surface area contributed by atoms with E-state index in [1.54, 1.807) is 6.07 Å². The third-order valence-corrected chi connectivity index (χ3v) is 4.70. The number of hydrogen-bond acceptors (Lipinski definition) is 6. The Morgan fingerprint density at radius 1 is 1.62 bits per heavy atom. The van der Waals surface area contributed by atoms with Crippen molar-refractivity contribution in [3.63, 3.8) is 0 Å². The first-order chi connectivity index (χ1) is 7.45. The first-order valence-corrected chi connectivity index (χ1v) is 6.46. The van der Waals surface area contributed by atoms with Crippen molar-refractivity contribution in [2.75, 3.05) is 0 Å². The van der Waals surface area contributed by atoms with Gasteiger partial charge in [0, 0.05) is 4.91 Å². The van der Waals surface area contributed by atoms with Crippen molar-refractivity contribution in [2.45, 2.75) is 24.1 Å². The lowest BCUT2D eigenvalue weighted by molar-refractivity contribution is 0.584. The molecule has 0 N–H and O–H groups in total. The van der Waals surface area contributed by atoms with Gasteiger partial charge in [-0.15, -0.1) is 0 Å². The van der Waals surface area contributed by atoms with Crippen LogP contribution in [0.5, 0.6) is 0 Å². The van der Waals surface area contributed by atoms with Gasteiger partial charge in [-0.2, -0.15) is 9.64 Å². The van der Waals surface area contributed by atoms with Crippen molar-refractivity contribution in [3.05, 3.63) is 16.0 Å². The van der Waals surface area contributed by atoms with Crippen molar-refractivity contribution in [3.8, 4) is 6.07 Å². The number of rotatable bonds is 3. The quantitative estimate of drug-likeness (QED) is 0.468. The first kappa shape index (κ1) is 12.4. The number of aromatic nitrogens is 1. The molecule has 0 unspecified atom stereocenters. The molecule has 16 heavy (non-hydrogen) atoms. The highest BCUT2D eigenvalue weighted by Crippen LogP contribution is 2.31. The Kier molecular flexibility index (Phi) is 3.49. The lowest BCUT2D eigenvalue weighted by Gasteiger charge is -2.03. The van der Waals surface area contributed by atoms with Gasteiger partial charge in [-0.05, 0) is 36.0 Å². The van der Waals surface area contributed by atoms with E-state index in [0.29, 0.717) is 11.5 Å². The molecule has 0 spiro atoms. The van der Waals surface area contributed by atoms with E-state index in [-0.39, 0.29) is 15.6 Å². The Hall–Kier alpha value is -1.62. The van der Waals surface area contributed by atoms with E-state index in [1.165, 1.54) is 13.8 Å². The van der Waals surface area contributed by atoms with Gasteiger partial charge >= 0.3 is 0 Å². The summed E-state index contributed by atoms with van der Waals surface area (Å²) in [6, 6.07) is 1.69. The van der Waals surface area contributed by atoms with E-state index in [0.717, 1.165) is 0 Å². The molecule has 0 aliphatic heterocycles. The SMILES string of the molecule is CC(C)S(=O)(=O)c1nsc(N=[N+]=[N-])c1C#N. The summed E-state index contributed by atoms with van der Waals surface area (Å²) in [5.41, 5.74) is 8.06. The molecule has 1 aromatic heterocycles. The molecule has 0 fully saturated rings. The van der Waals surface area contributed by atoms with Crippen molar-refractivity contribution in [2.24, 2.45) is 5.11 Å². The fraction of sp³-hybridized carbons (Fsp3) is 0.429. The van der Waals surface area contributed by atoms with Gasteiger partial charge in [-0.1, -0.05) is 0 Å². The van der Waals surface area contributed by atoms with Gasteiger partial charge < -0.3 is 0 Å². The normalized spacial score (nSPS) is 10.9. The molecule has 7 nitrogen and oxygen atoms in total. The van der Waals surface area contributed by atoms with Gasteiger partial charge in [0.05, 0.1) is 5.25 Å². The standard InChI is InChI=1S/C7H7N5O2S2/c1-4(2)16(13,14)7-5(3-8)6(10-12-9)15-11-7/h4H,1-2H3. The maximum atomic E-state index is 11.8. The van der Waals surface area contributed by atoms with Gasteiger partial charge in [0.15, 0.2) is 14.9 Å². The van der Waals surface area contributed by atoms with Crippen LogP contribution in [0.2, 0.25) is 0 Å². The number of hydrogen-bond donors (Lipinski definition) is 0. The van der Waals surface area contributed by atoms with Gasteiger partial charge in [-0.25, -0.2) is 8.42 Å². The van der Waals surface area contributed by atoms with Gasteiger partial charge in [0.2, 0.25) is 0 Å². The van der Waals surface area contributed by atoms with Crippen LogP contribution in [-0.2, 0) is 9.84 Å². The van der Waals surface area contributed by atoms with Crippen LogP contribution < -0.4 is 0 Å². The van der Waals surface area contributed by atoms with Crippen LogP contribution in [0, 0.1) is 11.3 Å². The van der Waals surface area contributed by atoms with E-state index in [1.807, 2.05) is 0 Å². The summed E-state index contributed by atoms with van der Waals surface area (Å²) >= 11 is 0.698. The largest absolute Gasteiger partial charge is 0.222 e. The molecule has 0 atom stereocenters. The van der Waals surface area contributed by atoms with Crippen LogP contribution in [0.25, 0.3) is 10.4 Å². The Morgan fingerprint density at radius 3 is 2.69 bits per heavy atom. The van der Waals surface area contributed by atoms with Crippen LogP contribution in [-0.4, -0.2) is 18.0 Å². The van der Waals surface area contributed by atoms with Crippen molar-refractivity contribution < 1.29 is 8.42 Å². The molecule has 0 radical (unpaired) electrons. The van der Waals surface area contributed by atoms with E-state index in [4.69, 9.17) is 10.8 Å². The average molecular weight is 257 g/mol. The number of nitriles is 1. The Morgan fingerprint density at radius 2 is 2.25 bits per heavy atom. The van der Waals surface area contributed by atoms with Crippen molar-refractivity contribution in [1.82, 2.24) is 4.37 Å². The van der Waals surface area contributed by atoms with Gasteiger partial charge in [-0.3, -0.25) is 0 Å². The fourth-order valence-electron chi connectivity index (χ4n) is 0.889. The van der Waals surface area contributed by atoms with Gasteiger partial charge in [0.1, 0.15) is 16.6 Å². The predicted molar refractivity (Wildman–Crippen MR) is 58.0 cm³/mol. The summed E-state index contributed by atoms with van der Waals surface area (Å²) in [5, 5.41) is 11.0. The summed E-state index contributed by atoms with van der Waals surface area (Å²) in [4.78, 5) is 2.50. The van der Waals surface area contributed by atoms with Crippen LogP contribution in [0.4, 0.5) is 5.00 Å². The zero-order valence-corrected chi connectivity index (χ0v) is 10.1. The second kappa shape index (κ2) is 4.49. The first-order valence-electron chi connectivity index (χ1n) is 4.14. The zero-order valence-electron chi connectivity index (χ0n) is 8.45. The van der Waals surface area contributed by atoms with Crippen LogP contribution in [0.15, 0.2) is 10.1 Å². The Labute approximate surface area is 96.0 Å². The summed E-state index contributed by atoms with van der Waals surface area (Å²) in [6.07, 6.45) is 0. The minimum atomic E-state index is -3.62. The Bertz CT molecular complexity index is 589. The summed E-state index contributed by atoms with van der Waals surface area (Å²) < 4.78 is 27.2. The van der Waals surface area contributed by atoms with E-state index >= 15 is 0 Å². The molecule has 0 saturated carbocycles. The Balaban J connectivity index is 3.50. The molecule has 0 saturated heterocycles. The predicted octanol–water partition coefficient (Wildman–Crippen LogP) is 2.14. The minimum absolute atomic E-state index is 0.0239. The van der Waals surface area contributed by atoms with E-state index in [9.17, 15) is 8.42 Å². The molecule has 0 aliphatic rings. The highest BCUT2D eigenvalue weighted by Gasteiger charge is 2.27. The molecular weight excluding hydrogens is 250 g/mol. The monoisotopic (exact) mass is 257 g/mol. The second-order valence-corrected chi connectivity index (χ2v) is 6.23. The molecule has 0 aliphatic carbocycles. The molecular formula is C7H7N5O2S2. The van der Waals surface area contributed by atoms with E-state index < -0.39 is 15.1 Å². The molecule has 0 aromatic carbocycles. The van der Waals surface area contributed by atoms with Crippen LogP contribution >= 0.6 is 11.5 Å². The molecule has 0 bridgehead atoms. The fourth-order valence-corrected chi connectivity index (χ4v) is 2.92. The highest BCUT2D eigenvalue weighted by molar-refractivity contribution is 7.92. The maximum Gasteiger partial charge on any atom is 0.200 e. The average Bonchev–Trinajstić information content (AvgIpc) is 2.61. The zero-order chi connectivity index (χ0) is 12.3. The third-order valence-electron chi connectivity index (χ3n) is 1.78. The second-order valence-electron chi connectivity index (χ2n) is 3.06. The number of nitrogens with zero attached hydrogens (tertiary/aromatic N) is 5. The van der Waals surface area contributed by atoms with Crippen molar-refractivity contribution >= 4 is 26.4 Å². The minimum Gasteiger partial charge on any atom is -0.222 e. The lowest BCUT2D eigenvalue weighted by Crippen LogP contribution is -2.15. The summed E-state index contributed by atoms with van der Waals surface area (Å²) in [6.45, 7) is 2.98. The smallest absolute Gasteiger partial charge is 0.200 e. The molecule has 1 heterocycles. The lowest BCUT2D eigenvalue weighted by atomic mass is 10.4. The summed E-state index contributed by atoms with van der Waals surface area (Å²) in [5.74, 6) is 0. The molecule has 9 heteroatoms. The molecule has 84 valence electrons. The summed E-state index contributed by atoms with van der Waals surface area (Å²) in [7, 11) is -3.62.